The maximum absolute atomic E-state index is 12.0. The summed E-state index contributed by atoms with van der Waals surface area (Å²) in [6.45, 7) is 11.7. The number of thiophene rings is 1. The predicted molar refractivity (Wildman–Crippen MR) is 128 cm³/mol. The first-order chi connectivity index (χ1) is 13.0. The van der Waals surface area contributed by atoms with Gasteiger partial charge >= 0.3 is 5.97 Å². The molecule has 0 aliphatic heterocycles. The van der Waals surface area contributed by atoms with Crippen molar-refractivity contribution in [3.8, 4) is 0 Å². The van der Waals surface area contributed by atoms with Gasteiger partial charge in [-0.15, -0.1) is 46.7 Å². The first-order valence-electron chi connectivity index (χ1n) is 9.18. The van der Waals surface area contributed by atoms with Gasteiger partial charge in [0.25, 0.3) is 0 Å². The molecule has 2 N–H and O–H groups in total. The topological polar surface area (TPSA) is 75.6 Å². The Morgan fingerprint density at radius 3 is 2.71 bits per heavy atom. The fourth-order valence-electron chi connectivity index (χ4n) is 2.47. The molecule has 0 spiro atoms. The van der Waals surface area contributed by atoms with Crippen molar-refractivity contribution in [2.24, 2.45) is 4.99 Å². The monoisotopic (exact) mass is 536 g/mol. The number of nitrogens with zero attached hydrogens (tertiary/aromatic N) is 2. The molecule has 2 aromatic heterocycles. The number of thiazole rings is 1. The number of aryl methyl sites for hydroxylation is 1. The molecule has 2 unspecified atom stereocenters. The third-order valence-corrected chi connectivity index (χ3v) is 6.32. The zero-order chi connectivity index (χ0) is 19.8. The van der Waals surface area contributed by atoms with Crippen LogP contribution in [0.5, 0.6) is 0 Å². The number of nitrogens with one attached hydrogen (secondary N) is 2. The number of rotatable bonds is 8. The van der Waals surface area contributed by atoms with Gasteiger partial charge in [-0.25, -0.2) is 9.78 Å². The Balaban J connectivity index is 0.00000392. The molecule has 0 bridgehead atoms. The van der Waals surface area contributed by atoms with E-state index < -0.39 is 0 Å². The van der Waals surface area contributed by atoms with Gasteiger partial charge in [-0.3, -0.25) is 4.99 Å². The number of halogens is 1. The summed E-state index contributed by atoms with van der Waals surface area (Å²) >= 11 is 3.12. The van der Waals surface area contributed by atoms with Crippen molar-refractivity contribution in [3.05, 3.63) is 38.0 Å². The van der Waals surface area contributed by atoms with E-state index in [1.165, 1.54) is 16.2 Å². The highest BCUT2D eigenvalue weighted by Gasteiger charge is 2.20. The summed E-state index contributed by atoms with van der Waals surface area (Å²) < 4.78 is 5.10. The molecule has 2 rings (SSSR count). The van der Waals surface area contributed by atoms with Gasteiger partial charge in [0.05, 0.1) is 24.9 Å². The zero-order valence-electron chi connectivity index (χ0n) is 16.9. The highest BCUT2D eigenvalue weighted by Crippen LogP contribution is 2.24. The SMILES string of the molecule is CCNC(=NCC(C)c1cccs1)NC(C)c1nc(C)c(C(=O)OCC)s1.I. The molecule has 2 atom stereocenters. The molecule has 0 radical (unpaired) electrons. The number of hydrogen-bond acceptors (Lipinski definition) is 6. The van der Waals surface area contributed by atoms with Crippen molar-refractivity contribution in [2.75, 3.05) is 19.7 Å². The summed E-state index contributed by atoms with van der Waals surface area (Å²) in [5.41, 5.74) is 0.704. The van der Waals surface area contributed by atoms with Gasteiger partial charge in [-0.1, -0.05) is 13.0 Å². The van der Waals surface area contributed by atoms with Crippen LogP contribution < -0.4 is 10.6 Å². The molecule has 0 aromatic carbocycles. The Bertz CT molecular complexity index is 762. The molecule has 6 nitrogen and oxygen atoms in total. The van der Waals surface area contributed by atoms with Crippen molar-refractivity contribution in [1.82, 2.24) is 15.6 Å². The number of esters is 1. The van der Waals surface area contributed by atoms with E-state index in [0.29, 0.717) is 29.6 Å². The Morgan fingerprint density at radius 1 is 1.36 bits per heavy atom. The molecule has 2 heterocycles. The summed E-state index contributed by atoms with van der Waals surface area (Å²) in [6.07, 6.45) is 0. The fraction of sp³-hybridized carbons (Fsp3) is 0.526. The summed E-state index contributed by atoms with van der Waals surface area (Å²) in [4.78, 5) is 23.2. The lowest BCUT2D eigenvalue weighted by Crippen LogP contribution is -2.39. The number of ether oxygens (including phenoxy) is 1. The standard InChI is InChI=1S/C19H28N4O2S2.HI/c1-6-20-19(21-11-12(3)15-9-8-10-26-15)23-14(5)17-22-13(4)16(27-17)18(24)25-7-2;/h8-10,12,14H,6-7,11H2,1-5H3,(H2,20,21,23);1H. The van der Waals surface area contributed by atoms with Crippen LogP contribution in [0, 0.1) is 6.92 Å². The third-order valence-electron chi connectivity index (χ3n) is 3.89. The average Bonchev–Trinajstić information content (AvgIpc) is 3.29. The average molecular weight is 537 g/mol. The quantitative estimate of drug-likeness (QED) is 0.221. The molecular formula is C19H29IN4O2S2. The smallest absolute Gasteiger partial charge is 0.350 e. The number of aromatic nitrogens is 1. The molecule has 156 valence electrons. The van der Waals surface area contributed by atoms with Gasteiger partial charge in [0.1, 0.15) is 9.88 Å². The first kappa shape index (κ1) is 24.8. The van der Waals surface area contributed by atoms with E-state index in [1.54, 1.807) is 18.3 Å². The normalized spacial score (nSPS) is 13.4. The van der Waals surface area contributed by atoms with Crippen molar-refractivity contribution < 1.29 is 9.53 Å². The van der Waals surface area contributed by atoms with Crippen LogP contribution in [0.25, 0.3) is 0 Å². The Kier molecular flexibility index (Phi) is 11.0. The van der Waals surface area contributed by atoms with Crippen LogP contribution >= 0.6 is 46.7 Å². The van der Waals surface area contributed by atoms with E-state index in [9.17, 15) is 4.79 Å². The molecule has 0 saturated heterocycles. The van der Waals surface area contributed by atoms with E-state index in [0.717, 1.165) is 17.5 Å². The third kappa shape index (κ3) is 7.00. The van der Waals surface area contributed by atoms with Gasteiger partial charge in [0.2, 0.25) is 0 Å². The number of carbonyl (C=O) groups excluding carboxylic acids is 1. The van der Waals surface area contributed by atoms with E-state index in [2.05, 4.69) is 40.1 Å². The van der Waals surface area contributed by atoms with Crippen LogP contribution in [0.1, 0.15) is 64.9 Å². The molecule has 28 heavy (non-hydrogen) atoms. The van der Waals surface area contributed by atoms with Gasteiger partial charge < -0.3 is 15.4 Å². The maximum atomic E-state index is 12.0. The van der Waals surface area contributed by atoms with E-state index in [-0.39, 0.29) is 36.0 Å². The van der Waals surface area contributed by atoms with Crippen LogP contribution in [0.2, 0.25) is 0 Å². The minimum atomic E-state index is -0.309. The lowest BCUT2D eigenvalue weighted by Gasteiger charge is -2.17. The number of guanidine groups is 1. The molecule has 2 aromatic rings. The summed E-state index contributed by atoms with van der Waals surface area (Å²) in [5.74, 6) is 0.809. The predicted octanol–water partition coefficient (Wildman–Crippen LogP) is 4.73. The Labute approximate surface area is 192 Å². The minimum Gasteiger partial charge on any atom is -0.462 e. The molecule has 0 fully saturated rings. The van der Waals surface area contributed by atoms with Crippen LogP contribution in [0.15, 0.2) is 22.5 Å². The summed E-state index contributed by atoms with van der Waals surface area (Å²) in [6, 6.07) is 4.15. The van der Waals surface area contributed by atoms with Crippen molar-refractivity contribution >= 4 is 58.6 Å². The largest absolute Gasteiger partial charge is 0.462 e. The second kappa shape index (κ2) is 12.4. The van der Waals surface area contributed by atoms with E-state index in [4.69, 9.17) is 9.73 Å². The van der Waals surface area contributed by atoms with Crippen molar-refractivity contribution in [1.29, 1.82) is 0 Å². The van der Waals surface area contributed by atoms with Gasteiger partial charge in [0.15, 0.2) is 5.96 Å². The van der Waals surface area contributed by atoms with Gasteiger partial charge in [0, 0.05) is 17.3 Å². The molecule has 0 amide bonds. The van der Waals surface area contributed by atoms with Crippen LogP contribution in [-0.4, -0.2) is 36.6 Å². The van der Waals surface area contributed by atoms with E-state index >= 15 is 0 Å². The van der Waals surface area contributed by atoms with Gasteiger partial charge in [-0.2, -0.15) is 0 Å². The number of carbonyl (C=O) groups is 1. The number of aliphatic imine (C=N–C) groups is 1. The Hall–Kier alpha value is -1.20. The maximum Gasteiger partial charge on any atom is 0.350 e. The number of hydrogen-bond donors (Lipinski definition) is 2. The van der Waals surface area contributed by atoms with E-state index in [1.807, 2.05) is 20.8 Å². The second-order valence-electron chi connectivity index (χ2n) is 6.19. The lowest BCUT2D eigenvalue weighted by molar-refractivity contribution is 0.0531. The summed E-state index contributed by atoms with van der Waals surface area (Å²) in [5, 5.41) is 9.59. The highest BCUT2D eigenvalue weighted by molar-refractivity contribution is 14.0. The molecule has 9 heteroatoms. The van der Waals surface area contributed by atoms with Crippen LogP contribution in [-0.2, 0) is 4.74 Å². The second-order valence-corrected chi connectivity index (χ2v) is 8.20. The summed E-state index contributed by atoms with van der Waals surface area (Å²) in [7, 11) is 0. The molecule has 0 aliphatic carbocycles. The van der Waals surface area contributed by atoms with Crippen molar-refractivity contribution in [2.45, 2.75) is 46.6 Å². The van der Waals surface area contributed by atoms with Crippen molar-refractivity contribution in [3.63, 3.8) is 0 Å². The lowest BCUT2D eigenvalue weighted by atomic mass is 10.1. The molecule has 0 saturated carbocycles. The van der Waals surface area contributed by atoms with Gasteiger partial charge in [-0.05, 0) is 39.1 Å². The first-order valence-corrected chi connectivity index (χ1v) is 10.9. The molecule has 0 aliphatic rings. The zero-order valence-corrected chi connectivity index (χ0v) is 20.9. The highest BCUT2D eigenvalue weighted by atomic mass is 127. The molecular weight excluding hydrogens is 507 g/mol. The Morgan fingerprint density at radius 2 is 2.11 bits per heavy atom. The van der Waals surface area contributed by atoms with Crippen LogP contribution in [0.3, 0.4) is 0 Å². The minimum absolute atomic E-state index is 0. The fourth-order valence-corrected chi connectivity index (χ4v) is 4.21. The van der Waals surface area contributed by atoms with Crippen LogP contribution in [0.4, 0.5) is 0 Å².